The molecule has 1 atom stereocenters. The Morgan fingerprint density at radius 1 is 1.47 bits per heavy atom. The fourth-order valence-electron chi connectivity index (χ4n) is 1.37. The SMILES string of the molecule is C#CC[C@@H](NC(=O)c1cccc(F)c1F)C(=O)OC. The smallest absolute Gasteiger partial charge is 0.329 e. The molecule has 0 heterocycles. The van der Waals surface area contributed by atoms with E-state index in [0.717, 1.165) is 19.2 Å². The third-order valence-corrected chi connectivity index (χ3v) is 2.31. The number of amides is 1. The predicted molar refractivity (Wildman–Crippen MR) is 63.1 cm³/mol. The maximum absolute atomic E-state index is 13.4. The highest BCUT2D eigenvalue weighted by Crippen LogP contribution is 2.11. The zero-order chi connectivity index (χ0) is 14.4. The Balaban J connectivity index is 2.91. The number of hydrogen-bond donors (Lipinski definition) is 1. The summed E-state index contributed by atoms with van der Waals surface area (Å²) in [6, 6.07) is 2.05. The molecule has 0 aliphatic carbocycles. The topological polar surface area (TPSA) is 55.4 Å². The van der Waals surface area contributed by atoms with E-state index in [2.05, 4.69) is 16.0 Å². The van der Waals surface area contributed by atoms with Crippen molar-refractivity contribution in [2.75, 3.05) is 7.11 Å². The van der Waals surface area contributed by atoms with Gasteiger partial charge >= 0.3 is 5.97 Å². The van der Waals surface area contributed by atoms with E-state index in [0.29, 0.717) is 0 Å². The zero-order valence-electron chi connectivity index (χ0n) is 10.1. The molecule has 19 heavy (non-hydrogen) atoms. The third-order valence-electron chi connectivity index (χ3n) is 2.31. The van der Waals surface area contributed by atoms with Crippen LogP contribution in [0.15, 0.2) is 18.2 Å². The lowest BCUT2D eigenvalue weighted by Gasteiger charge is -2.14. The number of esters is 1. The first-order valence-corrected chi connectivity index (χ1v) is 5.27. The monoisotopic (exact) mass is 267 g/mol. The van der Waals surface area contributed by atoms with Crippen LogP contribution in [0.3, 0.4) is 0 Å². The molecular formula is C13H11F2NO3. The number of halogens is 2. The van der Waals surface area contributed by atoms with Gasteiger partial charge in [0.05, 0.1) is 12.7 Å². The summed E-state index contributed by atoms with van der Waals surface area (Å²) < 4.78 is 30.8. The average molecular weight is 267 g/mol. The summed E-state index contributed by atoms with van der Waals surface area (Å²) in [5.41, 5.74) is -0.508. The van der Waals surface area contributed by atoms with Crippen molar-refractivity contribution >= 4 is 11.9 Å². The molecule has 1 amide bonds. The first kappa shape index (κ1) is 14.6. The maximum Gasteiger partial charge on any atom is 0.329 e. The predicted octanol–water partition coefficient (Wildman–Crippen LogP) is 1.26. The van der Waals surface area contributed by atoms with Crippen molar-refractivity contribution < 1.29 is 23.1 Å². The second-order valence-corrected chi connectivity index (χ2v) is 3.56. The van der Waals surface area contributed by atoms with E-state index in [1.807, 2.05) is 0 Å². The summed E-state index contributed by atoms with van der Waals surface area (Å²) >= 11 is 0. The van der Waals surface area contributed by atoms with Crippen molar-refractivity contribution in [1.82, 2.24) is 5.32 Å². The first-order valence-electron chi connectivity index (χ1n) is 5.27. The normalized spacial score (nSPS) is 11.3. The van der Waals surface area contributed by atoms with Gasteiger partial charge in [-0.05, 0) is 12.1 Å². The summed E-state index contributed by atoms with van der Waals surface area (Å²) in [7, 11) is 1.13. The number of terminal acetylenes is 1. The number of carbonyl (C=O) groups excluding carboxylic acids is 2. The number of hydrogen-bond acceptors (Lipinski definition) is 3. The number of benzene rings is 1. The second kappa shape index (κ2) is 6.50. The highest BCUT2D eigenvalue weighted by Gasteiger charge is 2.23. The van der Waals surface area contributed by atoms with E-state index in [-0.39, 0.29) is 6.42 Å². The van der Waals surface area contributed by atoms with Crippen molar-refractivity contribution in [2.24, 2.45) is 0 Å². The fourth-order valence-corrected chi connectivity index (χ4v) is 1.37. The quantitative estimate of drug-likeness (QED) is 0.660. The molecule has 0 saturated heterocycles. The molecule has 0 aliphatic rings. The van der Waals surface area contributed by atoms with Gasteiger partial charge in [0, 0.05) is 6.42 Å². The molecule has 100 valence electrons. The van der Waals surface area contributed by atoms with Crippen molar-refractivity contribution in [1.29, 1.82) is 0 Å². The molecule has 1 rings (SSSR count). The highest BCUT2D eigenvalue weighted by molar-refractivity contribution is 5.97. The Morgan fingerprint density at radius 2 is 2.16 bits per heavy atom. The lowest BCUT2D eigenvalue weighted by molar-refractivity contribution is -0.142. The largest absolute Gasteiger partial charge is 0.467 e. The van der Waals surface area contributed by atoms with Crippen molar-refractivity contribution in [2.45, 2.75) is 12.5 Å². The molecule has 4 nitrogen and oxygen atoms in total. The van der Waals surface area contributed by atoms with Crippen LogP contribution in [0.4, 0.5) is 8.78 Å². The van der Waals surface area contributed by atoms with Crippen LogP contribution in [0.2, 0.25) is 0 Å². The summed E-state index contributed by atoms with van der Waals surface area (Å²) in [6.45, 7) is 0. The van der Waals surface area contributed by atoms with Gasteiger partial charge in [0.25, 0.3) is 5.91 Å². The fraction of sp³-hybridized carbons (Fsp3) is 0.231. The third kappa shape index (κ3) is 3.52. The molecule has 1 N–H and O–H groups in total. The van der Waals surface area contributed by atoms with Gasteiger partial charge in [0.1, 0.15) is 6.04 Å². The molecule has 0 spiro atoms. The average Bonchev–Trinajstić information content (AvgIpc) is 2.40. The second-order valence-electron chi connectivity index (χ2n) is 3.56. The van der Waals surface area contributed by atoms with Crippen molar-refractivity contribution in [3.05, 3.63) is 35.4 Å². The van der Waals surface area contributed by atoms with Crippen LogP contribution in [0.5, 0.6) is 0 Å². The number of nitrogens with one attached hydrogen (secondary N) is 1. The summed E-state index contributed by atoms with van der Waals surface area (Å²) in [5.74, 6) is -1.96. The minimum atomic E-state index is -1.29. The molecule has 0 radical (unpaired) electrons. The lowest BCUT2D eigenvalue weighted by Crippen LogP contribution is -2.41. The minimum absolute atomic E-state index is 0.116. The Kier molecular flexibility index (Phi) is 5.01. The molecule has 0 unspecified atom stereocenters. The number of carbonyl (C=O) groups is 2. The Labute approximate surface area is 108 Å². The maximum atomic E-state index is 13.4. The van der Waals surface area contributed by atoms with E-state index in [1.165, 1.54) is 6.07 Å². The molecule has 0 aromatic heterocycles. The molecule has 0 saturated carbocycles. The van der Waals surface area contributed by atoms with Crippen LogP contribution in [0.25, 0.3) is 0 Å². The molecule has 1 aromatic carbocycles. The number of methoxy groups -OCH3 is 1. The lowest BCUT2D eigenvalue weighted by atomic mass is 10.1. The van der Waals surface area contributed by atoms with E-state index >= 15 is 0 Å². The summed E-state index contributed by atoms with van der Waals surface area (Å²) in [4.78, 5) is 23.0. The van der Waals surface area contributed by atoms with Gasteiger partial charge in [-0.1, -0.05) is 6.07 Å². The molecule has 0 fully saturated rings. The molecular weight excluding hydrogens is 256 g/mol. The molecule has 1 aromatic rings. The van der Waals surface area contributed by atoms with Crippen molar-refractivity contribution in [3.8, 4) is 12.3 Å². The minimum Gasteiger partial charge on any atom is -0.467 e. The number of rotatable bonds is 4. The van der Waals surface area contributed by atoms with Gasteiger partial charge in [0.15, 0.2) is 11.6 Å². The molecule has 0 bridgehead atoms. The van der Waals surface area contributed by atoms with Crippen LogP contribution < -0.4 is 5.32 Å². The van der Waals surface area contributed by atoms with Gasteiger partial charge in [-0.25, -0.2) is 13.6 Å². The Hall–Kier alpha value is -2.42. The van der Waals surface area contributed by atoms with Gasteiger partial charge in [-0.15, -0.1) is 12.3 Å². The zero-order valence-corrected chi connectivity index (χ0v) is 10.1. The summed E-state index contributed by atoms with van der Waals surface area (Å²) in [6.07, 6.45) is 4.93. The standard InChI is InChI=1S/C13H11F2NO3/c1-3-5-10(13(18)19-2)16-12(17)8-6-4-7-9(14)11(8)15/h1,4,6-7,10H,5H2,2H3,(H,16,17)/t10-/m1/s1. The highest BCUT2D eigenvalue weighted by atomic mass is 19.2. The van der Waals surface area contributed by atoms with E-state index < -0.39 is 35.1 Å². The van der Waals surface area contributed by atoms with E-state index in [1.54, 1.807) is 0 Å². The van der Waals surface area contributed by atoms with Crippen LogP contribution in [0.1, 0.15) is 16.8 Å². The van der Waals surface area contributed by atoms with Gasteiger partial charge < -0.3 is 10.1 Å². The van der Waals surface area contributed by atoms with Crippen molar-refractivity contribution in [3.63, 3.8) is 0 Å². The first-order chi connectivity index (χ1) is 9.01. The van der Waals surface area contributed by atoms with Crippen LogP contribution >= 0.6 is 0 Å². The Morgan fingerprint density at radius 3 is 2.74 bits per heavy atom. The van der Waals surface area contributed by atoms with Gasteiger partial charge in [0.2, 0.25) is 0 Å². The molecule has 0 aliphatic heterocycles. The Bertz CT molecular complexity index is 537. The van der Waals surface area contributed by atoms with E-state index in [9.17, 15) is 18.4 Å². The molecule has 6 heteroatoms. The van der Waals surface area contributed by atoms with Crippen LogP contribution in [0, 0.1) is 24.0 Å². The van der Waals surface area contributed by atoms with Crippen LogP contribution in [-0.2, 0) is 9.53 Å². The summed E-state index contributed by atoms with van der Waals surface area (Å²) in [5, 5.41) is 2.19. The van der Waals surface area contributed by atoms with Crippen LogP contribution in [-0.4, -0.2) is 25.0 Å². The van der Waals surface area contributed by atoms with Gasteiger partial charge in [-0.2, -0.15) is 0 Å². The number of ether oxygens (including phenoxy) is 1. The van der Waals surface area contributed by atoms with Gasteiger partial charge in [-0.3, -0.25) is 4.79 Å². The van der Waals surface area contributed by atoms with E-state index in [4.69, 9.17) is 6.42 Å².